The van der Waals surface area contributed by atoms with Crippen molar-refractivity contribution in [3.8, 4) is 11.8 Å². The zero-order chi connectivity index (χ0) is 15.5. The zero-order valence-corrected chi connectivity index (χ0v) is 13.0. The molecule has 1 aromatic carbocycles. The summed E-state index contributed by atoms with van der Waals surface area (Å²) in [6, 6.07) is 12.0. The lowest BCUT2D eigenvalue weighted by molar-refractivity contribution is 0.297. The van der Waals surface area contributed by atoms with E-state index < -0.39 is 0 Å². The summed E-state index contributed by atoms with van der Waals surface area (Å²) in [5.41, 5.74) is 3.74. The molecule has 0 N–H and O–H groups in total. The first kappa shape index (κ1) is 15.1. The molecule has 0 radical (unpaired) electrons. The van der Waals surface area contributed by atoms with E-state index in [9.17, 15) is 0 Å². The second-order valence-corrected chi connectivity index (χ2v) is 6.20. The van der Waals surface area contributed by atoms with Gasteiger partial charge in [-0.3, -0.25) is 0 Å². The predicted molar refractivity (Wildman–Crippen MR) is 83.2 cm³/mol. The first-order chi connectivity index (χ1) is 9.90. The van der Waals surface area contributed by atoms with E-state index in [4.69, 9.17) is 10.00 Å². The number of nitrogens with zero attached hydrogens (tertiary/aromatic N) is 2. The molecule has 0 unspecified atom stereocenters. The van der Waals surface area contributed by atoms with E-state index in [-0.39, 0.29) is 5.41 Å². The van der Waals surface area contributed by atoms with Crippen LogP contribution >= 0.6 is 0 Å². The third-order valence-electron chi connectivity index (χ3n) is 3.28. The van der Waals surface area contributed by atoms with E-state index >= 15 is 0 Å². The molecule has 0 aliphatic heterocycles. The summed E-state index contributed by atoms with van der Waals surface area (Å²) < 4.78 is 5.99. The number of nitriles is 1. The fourth-order valence-corrected chi connectivity index (χ4v) is 2.15. The highest BCUT2D eigenvalue weighted by Gasteiger charge is 2.19. The predicted octanol–water partition coefficient (Wildman–Crippen LogP) is 4.14. The van der Waals surface area contributed by atoms with Crippen LogP contribution in [0.15, 0.2) is 36.5 Å². The van der Waals surface area contributed by atoms with Crippen molar-refractivity contribution in [2.24, 2.45) is 0 Å². The Morgan fingerprint density at radius 2 is 1.95 bits per heavy atom. The molecule has 3 nitrogen and oxygen atoms in total. The lowest BCUT2D eigenvalue weighted by atomic mass is 9.86. The molecule has 0 aliphatic carbocycles. The topological polar surface area (TPSA) is 45.9 Å². The molecule has 0 aliphatic rings. The molecular formula is C18H20N2O. The van der Waals surface area contributed by atoms with Gasteiger partial charge in [-0.15, -0.1) is 0 Å². The Labute approximate surface area is 126 Å². The highest BCUT2D eigenvalue weighted by molar-refractivity contribution is 5.41. The number of ether oxygens (including phenoxy) is 1. The van der Waals surface area contributed by atoms with E-state index in [0.29, 0.717) is 12.3 Å². The third kappa shape index (κ3) is 3.82. The second-order valence-electron chi connectivity index (χ2n) is 6.20. The number of hydrogen-bond donors (Lipinski definition) is 0. The van der Waals surface area contributed by atoms with Crippen LogP contribution in [0.2, 0.25) is 0 Å². The minimum atomic E-state index is 0.0269. The molecule has 0 saturated carbocycles. The molecular weight excluding hydrogens is 260 g/mol. The van der Waals surface area contributed by atoms with Crippen LogP contribution in [0.4, 0.5) is 0 Å². The molecule has 1 heterocycles. The maximum Gasteiger partial charge on any atom is 0.140 e. The Morgan fingerprint density at radius 1 is 1.19 bits per heavy atom. The van der Waals surface area contributed by atoms with Crippen LogP contribution in [0.1, 0.15) is 43.2 Å². The van der Waals surface area contributed by atoms with Gasteiger partial charge in [0.2, 0.25) is 0 Å². The van der Waals surface area contributed by atoms with E-state index in [1.807, 2.05) is 12.1 Å². The van der Waals surface area contributed by atoms with Crippen LogP contribution in [0.3, 0.4) is 0 Å². The minimum absolute atomic E-state index is 0.0269. The SMILES string of the molecule is Cc1ccc(C(C)(C)C)c(OCc2ccnc(C#N)c2)c1. The fraction of sp³-hybridized carbons (Fsp3) is 0.333. The van der Waals surface area contributed by atoms with Crippen LogP contribution in [0.25, 0.3) is 0 Å². The van der Waals surface area contributed by atoms with Crippen molar-refractivity contribution < 1.29 is 4.74 Å². The number of aryl methyl sites for hydroxylation is 1. The number of benzene rings is 1. The van der Waals surface area contributed by atoms with Crippen molar-refractivity contribution in [2.75, 3.05) is 0 Å². The van der Waals surface area contributed by atoms with Crippen LogP contribution in [-0.4, -0.2) is 4.98 Å². The average molecular weight is 280 g/mol. The molecule has 0 saturated heterocycles. The normalized spacial score (nSPS) is 11.0. The number of hydrogen-bond acceptors (Lipinski definition) is 3. The van der Waals surface area contributed by atoms with Crippen LogP contribution in [-0.2, 0) is 12.0 Å². The summed E-state index contributed by atoms with van der Waals surface area (Å²) in [6.45, 7) is 9.00. The lowest BCUT2D eigenvalue weighted by Crippen LogP contribution is -2.13. The van der Waals surface area contributed by atoms with Crippen LogP contribution in [0.5, 0.6) is 5.75 Å². The van der Waals surface area contributed by atoms with Gasteiger partial charge in [0.1, 0.15) is 24.1 Å². The maximum absolute atomic E-state index is 8.88. The maximum atomic E-state index is 8.88. The molecule has 0 fully saturated rings. The second kappa shape index (κ2) is 5.97. The molecule has 0 bridgehead atoms. The zero-order valence-electron chi connectivity index (χ0n) is 13.0. The summed E-state index contributed by atoms with van der Waals surface area (Å²) in [7, 11) is 0. The summed E-state index contributed by atoms with van der Waals surface area (Å²) in [5, 5.41) is 8.88. The van der Waals surface area contributed by atoms with Gasteiger partial charge in [0, 0.05) is 6.20 Å². The third-order valence-corrected chi connectivity index (χ3v) is 3.28. The Hall–Kier alpha value is -2.34. The minimum Gasteiger partial charge on any atom is -0.489 e. The largest absolute Gasteiger partial charge is 0.489 e. The first-order valence-corrected chi connectivity index (χ1v) is 6.99. The van der Waals surface area contributed by atoms with Crippen LogP contribution in [0, 0.1) is 18.3 Å². The van der Waals surface area contributed by atoms with Gasteiger partial charge in [0.15, 0.2) is 0 Å². The van der Waals surface area contributed by atoms with Gasteiger partial charge in [0.05, 0.1) is 0 Å². The van der Waals surface area contributed by atoms with Crippen LogP contribution < -0.4 is 4.74 Å². The van der Waals surface area contributed by atoms with E-state index in [2.05, 4.69) is 50.9 Å². The quantitative estimate of drug-likeness (QED) is 0.849. The Balaban J connectivity index is 2.23. The van der Waals surface area contributed by atoms with E-state index in [1.54, 1.807) is 12.3 Å². The highest BCUT2D eigenvalue weighted by atomic mass is 16.5. The average Bonchev–Trinajstić information content (AvgIpc) is 2.44. The molecule has 2 rings (SSSR count). The molecule has 0 spiro atoms. The number of rotatable bonds is 3. The van der Waals surface area contributed by atoms with Gasteiger partial charge < -0.3 is 4.74 Å². The van der Waals surface area contributed by atoms with Crippen molar-refractivity contribution in [3.05, 3.63) is 58.9 Å². The molecule has 108 valence electrons. The van der Waals surface area contributed by atoms with Crippen molar-refractivity contribution in [2.45, 2.75) is 39.7 Å². The van der Waals surface area contributed by atoms with E-state index in [1.165, 1.54) is 11.1 Å². The molecule has 3 heteroatoms. The standard InChI is InChI=1S/C18H20N2O/c1-13-5-6-16(18(2,3)4)17(9-13)21-12-14-7-8-20-15(10-14)11-19/h5-10H,12H2,1-4H3. The molecule has 21 heavy (non-hydrogen) atoms. The van der Waals surface area contributed by atoms with Gasteiger partial charge in [-0.1, -0.05) is 32.9 Å². The first-order valence-electron chi connectivity index (χ1n) is 6.99. The highest BCUT2D eigenvalue weighted by Crippen LogP contribution is 2.32. The van der Waals surface area contributed by atoms with Crippen molar-refractivity contribution in [3.63, 3.8) is 0 Å². The lowest BCUT2D eigenvalue weighted by Gasteiger charge is -2.23. The summed E-state index contributed by atoms with van der Waals surface area (Å²) in [6.07, 6.45) is 1.64. The summed E-state index contributed by atoms with van der Waals surface area (Å²) in [4.78, 5) is 3.97. The van der Waals surface area contributed by atoms with Gasteiger partial charge in [-0.2, -0.15) is 5.26 Å². The Bertz CT molecular complexity index is 678. The van der Waals surface area contributed by atoms with Gasteiger partial charge in [-0.05, 0) is 47.2 Å². The van der Waals surface area contributed by atoms with Gasteiger partial charge in [0.25, 0.3) is 0 Å². The Morgan fingerprint density at radius 3 is 2.62 bits per heavy atom. The molecule has 0 amide bonds. The molecule has 0 atom stereocenters. The molecule has 2 aromatic rings. The smallest absolute Gasteiger partial charge is 0.140 e. The Kier molecular flexibility index (Phi) is 4.28. The van der Waals surface area contributed by atoms with Crippen molar-refractivity contribution in [1.82, 2.24) is 4.98 Å². The summed E-state index contributed by atoms with van der Waals surface area (Å²) in [5.74, 6) is 0.901. The number of aromatic nitrogens is 1. The van der Waals surface area contributed by atoms with E-state index in [0.717, 1.165) is 11.3 Å². The van der Waals surface area contributed by atoms with Crippen molar-refractivity contribution in [1.29, 1.82) is 5.26 Å². The van der Waals surface area contributed by atoms with Gasteiger partial charge in [-0.25, -0.2) is 4.98 Å². The monoisotopic (exact) mass is 280 g/mol. The fourth-order valence-electron chi connectivity index (χ4n) is 2.15. The van der Waals surface area contributed by atoms with Crippen molar-refractivity contribution >= 4 is 0 Å². The molecule has 1 aromatic heterocycles. The van der Waals surface area contributed by atoms with Gasteiger partial charge >= 0.3 is 0 Å². The summed E-state index contributed by atoms with van der Waals surface area (Å²) >= 11 is 0. The number of pyridine rings is 1.